The Bertz CT molecular complexity index is 818. The van der Waals surface area contributed by atoms with Gasteiger partial charge in [-0.1, -0.05) is 35.9 Å². The number of halogens is 1. The third-order valence-electron chi connectivity index (χ3n) is 3.85. The molecule has 0 saturated carbocycles. The van der Waals surface area contributed by atoms with Crippen LogP contribution in [0.15, 0.2) is 60.9 Å². The van der Waals surface area contributed by atoms with Crippen molar-refractivity contribution in [2.45, 2.75) is 13.0 Å². The summed E-state index contributed by atoms with van der Waals surface area (Å²) in [6.45, 7) is 2.08. The van der Waals surface area contributed by atoms with Gasteiger partial charge >= 0.3 is 0 Å². The van der Waals surface area contributed by atoms with Crippen molar-refractivity contribution in [3.05, 3.63) is 71.5 Å². The van der Waals surface area contributed by atoms with Crippen molar-refractivity contribution in [2.24, 2.45) is 0 Å². The highest BCUT2D eigenvalue weighted by atomic mass is 35.5. The van der Waals surface area contributed by atoms with Gasteiger partial charge < -0.3 is 10.6 Å². The van der Waals surface area contributed by atoms with Crippen molar-refractivity contribution >= 4 is 23.1 Å². The van der Waals surface area contributed by atoms with E-state index in [1.807, 2.05) is 55.6 Å². The second-order valence-corrected chi connectivity index (χ2v) is 5.94. The van der Waals surface area contributed by atoms with Crippen LogP contribution in [-0.4, -0.2) is 17.0 Å². The van der Waals surface area contributed by atoms with E-state index in [0.29, 0.717) is 0 Å². The van der Waals surface area contributed by atoms with Crippen LogP contribution in [0.25, 0.3) is 11.3 Å². The Morgan fingerprint density at radius 3 is 2.46 bits per heavy atom. The summed E-state index contributed by atoms with van der Waals surface area (Å²) < 4.78 is 0. The zero-order valence-electron chi connectivity index (χ0n) is 13.6. The van der Waals surface area contributed by atoms with Gasteiger partial charge in [-0.15, -0.1) is 0 Å². The van der Waals surface area contributed by atoms with Crippen molar-refractivity contribution in [1.29, 1.82) is 0 Å². The summed E-state index contributed by atoms with van der Waals surface area (Å²) in [6.07, 6.45) is 3.40. The SMILES string of the molecule is CNc1ccc(-c2nccnc2N[C@@H](C)c2cccc(Cl)c2)cc1. The van der Waals surface area contributed by atoms with E-state index in [1.165, 1.54) is 0 Å². The first-order valence-electron chi connectivity index (χ1n) is 7.78. The lowest BCUT2D eigenvalue weighted by Gasteiger charge is -2.17. The maximum atomic E-state index is 6.09. The molecule has 1 atom stereocenters. The topological polar surface area (TPSA) is 49.8 Å². The predicted octanol–water partition coefficient (Wildman–Crippen LogP) is 5.01. The fraction of sp³-hybridized carbons (Fsp3) is 0.158. The quantitative estimate of drug-likeness (QED) is 0.686. The average Bonchev–Trinajstić information content (AvgIpc) is 2.62. The molecule has 0 fully saturated rings. The van der Waals surface area contributed by atoms with E-state index in [9.17, 15) is 0 Å². The van der Waals surface area contributed by atoms with E-state index in [2.05, 4.69) is 27.5 Å². The number of hydrogen-bond donors (Lipinski definition) is 2. The number of aromatic nitrogens is 2. The highest BCUT2D eigenvalue weighted by Crippen LogP contribution is 2.28. The summed E-state index contributed by atoms with van der Waals surface area (Å²) in [5, 5.41) is 7.27. The molecule has 0 saturated heterocycles. The predicted molar refractivity (Wildman–Crippen MR) is 101 cm³/mol. The zero-order chi connectivity index (χ0) is 16.9. The summed E-state index contributed by atoms with van der Waals surface area (Å²) in [5.41, 5.74) is 4.01. The summed E-state index contributed by atoms with van der Waals surface area (Å²) in [7, 11) is 1.90. The number of anilines is 2. The van der Waals surface area contributed by atoms with Crippen LogP contribution in [0.1, 0.15) is 18.5 Å². The van der Waals surface area contributed by atoms with E-state index >= 15 is 0 Å². The van der Waals surface area contributed by atoms with Gasteiger partial charge in [-0.3, -0.25) is 4.98 Å². The molecular weight excluding hydrogens is 320 g/mol. The molecule has 0 aliphatic carbocycles. The van der Waals surface area contributed by atoms with Gasteiger partial charge in [0.05, 0.1) is 6.04 Å². The van der Waals surface area contributed by atoms with Crippen molar-refractivity contribution in [1.82, 2.24) is 9.97 Å². The Morgan fingerprint density at radius 1 is 1.00 bits per heavy atom. The minimum absolute atomic E-state index is 0.0655. The van der Waals surface area contributed by atoms with E-state index < -0.39 is 0 Å². The van der Waals surface area contributed by atoms with Crippen LogP contribution in [-0.2, 0) is 0 Å². The second kappa shape index (κ2) is 7.32. The Labute approximate surface area is 146 Å². The van der Waals surface area contributed by atoms with Crippen LogP contribution in [0.4, 0.5) is 11.5 Å². The lowest BCUT2D eigenvalue weighted by Crippen LogP contribution is -2.09. The molecule has 1 aromatic heterocycles. The first-order valence-corrected chi connectivity index (χ1v) is 8.16. The average molecular weight is 339 g/mol. The second-order valence-electron chi connectivity index (χ2n) is 5.50. The first kappa shape index (κ1) is 16.3. The lowest BCUT2D eigenvalue weighted by atomic mass is 10.1. The lowest BCUT2D eigenvalue weighted by molar-refractivity contribution is 0.872. The highest BCUT2D eigenvalue weighted by molar-refractivity contribution is 6.30. The van der Waals surface area contributed by atoms with Crippen LogP contribution >= 0.6 is 11.6 Å². The summed E-state index contributed by atoms with van der Waals surface area (Å²) in [4.78, 5) is 8.96. The van der Waals surface area contributed by atoms with Gasteiger partial charge in [0.25, 0.3) is 0 Å². The van der Waals surface area contributed by atoms with Crippen molar-refractivity contribution in [3.63, 3.8) is 0 Å². The van der Waals surface area contributed by atoms with Crippen LogP contribution in [0, 0.1) is 0 Å². The zero-order valence-corrected chi connectivity index (χ0v) is 14.4. The summed E-state index contributed by atoms with van der Waals surface area (Å²) >= 11 is 6.09. The van der Waals surface area contributed by atoms with Gasteiger partial charge in [-0.25, -0.2) is 4.98 Å². The molecule has 0 amide bonds. The standard InChI is InChI=1S/C19H19ClN4/c1-13(15-4-3-5-16(20)12-15)24-19-18(22-10-11-23-19)14-6-8-17(21-2)9-7-14/h3-13,21H,1-2H3,(H,23,24)/t13-/m0/s1. The highest BCUT2D eigenvalue weighted by Gasteiger charge is 2.12. The van der Waals surface area contributed by atoms with Crippen molar-refractivity contribution < 1.29 is 0 Å². The molecule has 122 valence electrons. The Hall–Kier alpha value is -2.59. The molecule has 0 bridgehead atoms. The Balaban J connectivity index is 1.88. The fourth-order valence-corrected chi connectivity index (χ4v) is 2.71. The van der Waals surface area contributed by atoms with E-state index in [0.717, 1.165) is 33.3 Å². The van der Waals surface area contributed by atoms with E-state index in [1.54, 1.807) is 12.4 Å². The van der Waals surface area contributed by atoms with Crippen LogP contribution in [0.5, 0.6) is 0 Å². The van der Waals surface area contributed by atoms with Gasteiger partial charge in [-0.2, -0.15) is 0 Å². The van der Waals surface area contributed by atoms with Gasteiger partial charge in [0.1, 0.15) is 5.69 Å². The number of rotatable bonds is 5. The molecule has 2 N–H and O–H groups in total. The minimum atomic E-state index is 0.0655. The minimum Gasteiger partial charge on any atom is -0.388 e. The van der Waals surface area contributed by atoms with Crippen molar-refractivity contribution in [2.75, 3.05) is 17.7 Å². The number of nitrogens with zero attached hydrogens (tertiary/aromatic N) is 2. The largest absolute Gasteiger partial charge is 0.388 e. The molecular formula is C19H19ClN4. The van der Waals surface area contributed by atoms with Crippen molar-refractivity contribution in [3.8, 4) is 11.3 Å². The molecule has 1 heterocycles. The summed E-state index contributed by atoms with van der Waals surface area (Å²) in [5.74, 6) is 0.752. The van der Waals surface area contributed by atoms with Gasteiger partial charge in [0.2, 0.25) is 0 Å². The third kappa shape index (κ3) is 3.66. The normalized spacial score (nSPS) is 11.8. The maximum absolute atomic E-state index is 6.09. The van der Waals surface area contributed by atoms with Gasteiger partial charge in [0.15, 0.2) is 5.82 Å². The first-order chi connectivity index (χ1) is 11.7. The number of benzene rings is 2. The molecule has 2 aromatic carbocycles. The van der Waals surface area contributed by atoms with Crippen LogP contribution < -0.4 is 10.6 Å². The third-order valence-corrected chi connectivity index (χ3v) is 4.08. The van der Waals surface area contributed by atoms with Crippen LogP contribution in [0.3, 0.4) is 0 Å². The fourth-order valence-electron chi connectivity index (χ4n) is 2.51. The van der Waals surface area contributed by atoms with Crippen LogP contribution in [0.2, 0.25) is 5.02 Å². The molecule has 3 rings (SSSR count). The van der Waals surface area contributed by atoms with E-state index in [-0.39, 0.29) is 6.04 Å². The molecule has 0 radical (unpaired) electrons. The van der Waals surface area contributed by atoms with E-state index in [4.69, 9.17) is 11.6 Å². The Morgan fingerprint density at radius 2 is 1.75 bits per heavy atom. The van der Waals surface area contributed by atoms with Gasteiger partial charge in [-0.05, 0) is 36.8 Å². The molecule has 0 spiro atoms. The maximum Gasteiger partial charge on any atom is 0.153 e. The number of nitrogens with one attached hydrogen (secondary N) is 2. The molecule has 0 unspecified atom stereocenters. The smallest absolute Gasteiger partial charge is 0.153 e. The molecule has 5 heteroatoms. The number of hydrogen-bond acceptors (Lipinski definition) is 4. The molecule has 0 aliphatic heterocycles. The molecule has 3 aromatic rings. The molecule has 4 nitrogen and oxygen atoms in total. The van der Waals surface area contributed by atoms with Gasteiger partial charge in [0, 0.05) is 35.7 Å². The Kier molecular flexibility index (Phi) is 4.96. The molecule has 24 heavy (non-hydrogen) atoms. The molecule has 0 aliphatic rings. The summed E-state index contributed by atoms with van der Waals surface area (Å²) in [6, 6.07) is 16.0. The monoisotopic (exact) mass is 338 g/mol.